The van der Waals surface area contributed by atoms with Gasteiger partial charge >= 0.3 is 5.97 Å². The van der Waals surface area contributed by atoms with Gasteiger partial charge in [0.25, 0.3) is 0 Å². The highest BCUT2D eigenvalue weighted by Gasteiger charge is 2.14. The van der Waals surface area contributed by atoms with Gasteiger partial charge in [0.2, 0.25) is 0 Å². The lowest BCUT2D eigenvalue weighted by atomic mass is 10.1. The molecule has 2 aromatic rings. The molecule has 0 fully saturated rings. The lowest BCUT2D eigenvalue weighted by Gasteiger charge is -2.07. The minimum absolute atomic E-state index is 0.149. The number of aryl methyl sites for hydroxylation is 2. The number of rotatable bonds is 5. The number of ether oxygens (including phenoxy) is 1. The van der Waals surface area contributed by atoms with E-state index in [-0.39, 0.29) is 19.1 Å². The Hall–Kier alpha value is -1.52. The van der Waals surface area contributed by atoms with Gasteiger partial charge < -0.3 is 14.4 Å². The topological polar surface area (TPSA) is 51.5 Å². The van der Waals surface area contributed by atoms with Crippen LogP contribution < -0.4 is 0 Å². The van der Waals surface area contributed by atoms with Crippen LogP contribution in [0.15, 0.2) is 18.3 Å². The van der Waals surface area contributed by atoms with E-state index >= 15 is 0 Å². The Morgan fingerprint density at radius 1 is 1.45 bits per heavy atom. The lowest BCUT2D eigenvalue weighted by Crippen LogP contribution is -2.11. The summed E-state index contributed by atoms with van der Waals surface area (Å²) in [4.78, 5) is 11.5. The Kier molecular flexibility index (Phi) is 4.68. The Balaban J connectivity index is 2.54. The first kappa shape index (κ1) is 14.9. The van der Waals surface area contributed by atoms with Crippen molar-refractivity contribution in [2.75, 3.05) is 13.7 Å². The van der Waals surface area contributed by atoms with E-state index in [1.165, 1.54) is 7.11 Å². The quantitative estimate of drug-likeness (QED) is 0.863. The molecule has 0 saturated heterocycles. The number of hydrogen-bond acceptors (Lipinski definition) is 3. The van der Waals surface area contributed by atoms with Crippen LogP contribution in [0.2, 0.25) is 5.02 Å². The molecule has 0 aliphatic carbocycles. The van der Waals surface area contributed by atoms with Gasteiger partial charge in [0, 0.05) is 23.2 Å². The van der Waals surface area contributed by atoms with Gasteiger partial charge in [-0.15, -0.1) is 0 Å². The lowest BCUT2D eigenvalue weighted by molar-refractivity contribution is -0.141. The van der Waals surface area contributed by atoms with Gasteiger partial charge in [0.1, 0.15) is 6.54 Å². The predicted molar refractivity (Wildman–Crippen MR) is 79.1 cm³/mol. The molecule has 2 rings (SSSR count). The first-order chi connectivity index (χ1) is 9.58. The standard InChI is InChI=1S/C15H18ClNO3/c1-10-13(16)6-5-12-11(4-3-7-18)8-17(15(10)12)9-14(19)20-2/h5-6,8,18H,3-4,7,9H2,1-2H3. The number of esters is 1. The van der Waals surface area contributed by atoms with Crippen molar-refractivity contribution < 1.29 is 14.6 Å². The SMILES string of the molecule is COC(=O)Cn1cc(CCCO)c2ccc(Cl)c(C)c21. The fourth-order valence-corrected chi connectivity index (χ4v) is 2.58. The van der Waals surface area contributed by atoms with E-state index in [4.69, 9.17) is 21.4 Å². The van der Waals surface area contributed by atoms with Crippen LogP contribution in [0.4, 0.5) is 0 Å². The highest BCUT2D eigenvalue weighted by molar-refractivity contribution is 6.32. The van der Waals surface area contributed by atoms with Crippen molar-refractivity contribution in [1.29, 1.82) is 0 Å². The third-order valence-corrected chi connectivity index (χ3v) is 3.85. The number of benzene rings is 1. The van der Waals surface area contributed by atoms with Gasteiger partial charge in [-0.2, -0.15) is 0 Å². The molecule has 0 radical (unpaired) electrons. The van der Waals surface area contributed by atoms with Crippen LogP contribution in [-0.4, -0.2) is 29.4 Å². The molecule has 0 aliphatic heterocycles. The maximum atomic E-state index is 11.5. The average molecular weight is 296 g/mol. The van der Waals surface area contributed by atoms with Crippen LogP contribution in [0.25, 0.3) is 10.9 Å². The number of carbonyl (C=O) groups excluding carboxylic acids is 1. The number of halogens is 1. The van der Waals surface area contributed by atoms with Crippen molar-refractivity contribution in [3.05, 3.63) is 34.5 Å². The molecular formula is C15H18ClNO3. The van der Waals surface area contributed by atoms with Crippen molar-refractivity contribution in [2.45, 2.75) is 26.3 Å². The summed E-state index contributed by atoms with van der Waals surface area (Å²) >= 11 is 6.17. The van der Waals surface area contributed by atoms with Gasteiger partial charge in [0.15, 0.2) is 0 Å². The number of methoxy groups -OCH3 is 1. The van der Waals surface area contributed by atoms with Crippen molar-refractivity contribution >= 4 is 28.5 Å². The van der Waals surface area contributed by atoms with E-state index in [0.29, 0.717) is 11.4 Å². The molecule has 0 spiro atoms. The van der Waals surface area contributed by atoms with Crippen LogP contribution in [-0.2, 0) is 22.5 Å². The maximum absolute atomic E-state index is 11.5. The summed E-state index contributed by atoms with van der Waals surface area (Å²) in [7, 11) is 1.38. The van der Waals surface area contributed by atoms with Crippen molar-refractivity contribution in [2.24, 2.45) is 0 Å². The average Bonchev–Trinajstić information content (AvgIpc) is 2.78. The number of nitrogens with zero attached hydrogens (tertiary/aromatic N) is 1. The molecule has 1 N–H and O–H groups in total. The van der Waals surface area contributed by atoms with Crippen LogP contribution >= 0.6 is 11.6 Å². The molecule has 1 heterocycles. The molecule has 4 nitrogen and oxygen atoms in total. The van der Waals surface area contributed by atoms with Crippen LogP contribution in [0.3, 0.4) is 0 Å². The number of hydrogen-bond donors (Lipinski definition) is 1. The van der Waals surface area contributed by atoms with E-state index in [9.17, 15) is 4.79 Å². The normalized spacial score (nSPS) is 11.0. The smallest absolute Gasteiger partial charge is 0.325 e. The molecule has 0 unspecified atom stereocenters. The summed E-state index contributed by atoms with van der Waals surface area (Å²) in [5.41, 5.74) is 3.01. The number of fused-ring (bicyclic) bond motifs is 1. The molecule has 1 aromatic heterocycles. The zero-order valence-electron chi connectivity index (χ0n) is 11.6. The number of aliphatic hydroxyl groups excluding tert-OH is 1. The Bertz CT molecular complexity index is 634. The summed E-state index contributed by atoms with van der Waals surface area (Å²) in [6, 6.07) is 3.83. The van der Waals surface area contributed by atoms with Crippen LogP contribution in [0.1, 0.15) is 17.5 Å². The van der Waals surface area contributed by atoms with E-state index in [1.54, 1.807) is 0 Å². The molecule has 0 aliphatic rings. The van der Waals surface area contributed by atoms with Crippen LogP contribution in [0, 0.1) is 6.92 Å². The Labute approximate surface area is 122 Å². The summed E-state index contributed by atoms with van der Waals surface area (Å²) in [5, 5.41) is 10.7. The molecule has 20 heavy (non-hydrogen) atoms. The fourth-order valence-electron chi connectivity index (χ4n) is 2.42. The van der Waals surface area contributed by atoms with Crippen LogP contribution in [0.5, 0.6) is 0 Å². The maximum Gasteiger partial charge on any atom is 0.325 e. The minimum Gasteiger partial charge on any atom is -0.468 e. The second kappa shape index (κ2) is 6.29. The Morgan fingerprint density at radius 2 is 2.20 bits per heavy atom. The minimum atomic E-state index is -0.296. The molecule has 0 saturated carbocycles. The third kappa shape index (κ3) is 2.81. The zero-order chi connectivity index (χ0) is 14.7. The fraction of sp³-hybridized carbons (Fsp3) is 0.400. The predicted octanol–water partition coefficient (Wildman–Crippen LogP) is 2.70. The number of aliphatic hydroxyl groups is 1. The number of aromatic nitrogens is 1. The van der Waals surface area contributed by atoms with Gasteiger partial charge in [0.05, 0.1) is 12.6 Å². The van der Waals surface area contributed by atoms with E-state index in [2.05, 4.69) is 0 Å². The van der Waals surface area contributed by atoms with Gasteiger partial charge in [-0.05, 0) is 37.0 Å². The summed E-state index contributed by atoms with van der Waals surface area (Å²) < 4.78 is 6.60. The van der Waals surface area contributed by atoms with E-state index in [0.717, 1.165) is 28.5 Å². The second-order valence-corrected chi connectivity index (χ2v) is 5.16. The molecule has 0 bridgehead atoms. The highest BCUT2D eigenvalue weighted by atomic mass is 35.5. The van der Waals surface area contributed by atoms with Gasteiger partial charge in [-0.1, -0.05) is 17.7 Å². The molecule has 0 amide bonds. The summed E-state index contributed by atoms with van der Waals surface area (Å²) in [6.45, 7) is 2.25. The van der Waals surface area contributed by atoms with Crippen molar-refractivity contribution in [3.63, 3.8) is 0 Å². The molecule has 5 heteroatoms. The Morgan fingerprint density at radius 3 is 2.85 bits per heavy atom. The van der Waals surface area contributed by atoms with Gasteiger partial charge in [-0.25, -0.2) is 0 Å². The second-order valence-electron chi connectivity index (χ2n) is 4.75. The summed E-state index contributed by atoms with van der Waals surface area (Å²) in [6.07, 6.45) is 3.40. The number of carbonyl (C=O) groups is 1. The summed E-state index contributed by atoms with van der Waals surface area (Å²) in [5.74, 6) is -0.296. The van der Waals surface area contributed by atoms with E-state index in [1.807, 2.05) is 29.8 Å². The van der Waals surface area contributed by atoms with E-state index < -0.39 is 0 Å². The molecule has 0 atom stereocenters. The first-order valence-electron chi connectivity index (χ1n) is 6.53. The molecule has 1 aromatic carbocycles. The van der Waals surface area contributed by atoms with Crippen molar-refractivity contribution in [3.8, 4) is 0 Å². The van der Waals surface area contributed by atoms with Gasteiger partial charge in [-0.3, -0.25) is 4.79 Å². The highest BCUT2D eigenvalue weighted by Crippen LogP contribution is 2.30. The largest absolute Gasteiger partial charge is 0.468 e. The zero-order valence-corrected chi connectivity index (χ0v) is 12.4. The molecular weight excluding hydrogens is 278 g/mol. The monoisotopic (exact) mass is 295 g/mol. The molecule has 108 valence electrons. The third-order valence-electron chi connectivity index (χ3n) is 3.44. The first-order valence-corrected chi connectivity index (χ1v) is 6.90. The van der Waals surface area contributed by atoms with Crippen molar-refractivity contribution in [1.82, 2.24) is 4.57 Å².